The highest BCUT2D eigenvalue weighted by Gasteiger charge is 2.25. The van der Waals surface area contributed by atoms with E-state index in [-0.39, 0.29) is 18.2 Å². The van der Waals surface area contributed by atoms with Gasteiger partial charge in [-0.15, -0.1) is 0 Å². The first-order valence-electron chi connectivity index (χ1n) is 7.12. The van der Waals surface area contributed by atoms with E-state index in [9.17, 15) is 4.79 Å². The fraction of sp³-hybridized carbons (Fsp3) is 0.533. The molecule has 2 amide bonds. The molecule has 1 aliphatic heterocycles. The second kappa shape index (κ2) is 8.02. The Morgan fingerprint density at radius 3 is 3.05 bits per heavy atom. The lowest BCUT2D eigenvalue weighted by atomic mass is 10.1. The Kier molecular flexibility index (Phi) is 6.32. The van der Waals surface area contributed by atoms with Crippen LogP contribution in [-0.4, -0.2) is 50.4 Å². The van der Waals surface area contributed by atoms with Crippen LogP contribution >= 0.6 is 23.2 Å². The first-order chi connectivity index (χ1) is 10.5. The third-order valence-corrected chi connectivity index (χ3v) is 4.40. The lowest BCUT2D eigenvalue weighted by Crippen LogP contribution is -2.51. The van der Waals surface area contributed by atoms with Crippen molar-refractivity contribution in [1.29, 1.82) is 0 Å². The minimum Gasteiger partial charge on any atom is -0.382 e. The number of ether oxygens (including phenoxy) is 2. The molecule has 2 rings (SSSR count). The number of benzene rings is 1. The van der Waals surface area contributed by atoms with Crippen molar-refractivity contribution in [2.45, 2.75) is 19.1 Å². The number of amides is 2. The Balaban J connectivity index is 1.97. The molecule has 0 bridgehead atoms. The van der Waals surface area contributed by atoms with Gasteiger partial charge in [-0.3, -0.25) is 0 Å². The van der Waals surface area contributed by atoms with Crippen LogP contribution in [-0.2, 0) is 9.47 Å². The van der Waals surface area contributed by atoms with Gasteiger partial charge in [-0.05, 0) is 18.6 Å². The summed E-state index contributed by atoms with van der Waals surface area (Å²) in [5.41, 5.74) is 0.796. The Labute approximate surface area is 140 Å². The number of hydrogen-bond donors (Lipinski definition) is 1. The summed E-state index contributed by atoms with van der Waals surface area (Å²) in [6, 6.07) is 5.01. The molecule has 0 radical (unpaired) electrons. The smallest absolute Gasteiger partial charge is 0.318 e. The molecule has 0 spiro atoms. The molecular weight excluding hydrogens is 327 g/mol. The maximum Gasteiger partial charge on any atom is 0.318 e. The number of carbonyl (C=O) groups excluding carboxylic acids is 1. The Morgan fingerprint density at radius 2 is 2.32 bits per heavy atom. The van der Waals surface area contributed by atoms with Gasteiger partial charge in [0.15, 0.2) is 0 Å². The summed E-state index contributed by atoms with van der Waals surface area (Å²) in [6.07, 6.45) is -0.0884. The molecule has 0 aliphatic carbocycles. The number of nitrogens with zero attached hydrogens (tertiary/aromatic N) is 1. The van der Waals surface area contributed by atoms with E-state index in [4.69, 9.17) is 32.7 Å². The summed E-state index contributed by atoms with van der Waals surface area (Å²) < 4.78 is 10.6. The van der Waals surface area contributed by atoms with Crippen LogP contribution in [0, 0.1) is 0 Å². The third kappa shape index (κ3) is 4.26. The van der Waals surface area contributed by atoms with E-state index in [1.165, 1.54) is 0 Å². The quantitative estimate of drug-likeness (QED) is 0.911. The molecule has 0 saturated carbocycles. The molecule has 1 N–H and O–H groups in total. The number of morpholine rings is 1. The molecule has 1 saturated heterocycles. The lowest BCUT2D eigenvalue weighted by Gasteiger charge is -2.33. The van der Waals surface area contributed by atoms with E-state index in [1.54, 1.807) is 18.1 Å². The van der Waals surface area contributed by atoms with Crippen molar-refractivity contribution >= 4 is 29.2 Å². The highest BCUT2D eigenvalue weighted by molar-refractivity contribution is 6.42. The van der Waals surface area contributed by atoms with Crippen molar-refractivity contribution in [3.8, 4) is 0 Å². The maximum atomic E-state index is 12.4. The van der Waals surface area contributed by atoms with Crippen molar-refractivity contribution in [2.24, 2.45) is 0 Å². The van der Waals surface area contributed by atoms with Gasteiger partial charge < -0.3 is 19.7 Å². The highest BCUT2D eigenvalue weighted by atomic mass is 35.5. The maximum absolute atomic E-state index is 12.4. The van der Waals surface area contributed by atoms with E-state index < -0.39 is 0 Å². The summed E-state index contributed by atoms with van der Waals surface area (Å²) >= 11 is 12.2. The van der Waals surface area contributed by atoms with Crippen molar-refractivity contribution in [3.05, 3.63) is 33.8 Å². The molecule has 122 valence electrons. The zero-order chi connectivity index (χ0) is 16.1. The van der Waals surface area contributed by atoms with Gasteiger partial charge in [-0.1, -0.05) is 35.3 Å². The second-order valence-electron chi connectivity index (χ2n) is 5.21. The summed E-state index contributed by atoms with van der Waals surface area (Å²) in [4.78, 5) is 14.1. The third-order valence-electron chi connectivity index (χ3n) is 3.57. The molecule has 0 unspecified atom stereocenters. The zero-order valence-electron chi connectivity index (χ0n) is 12.6. The summed E-state index contributed by atoms with van der Waals surface area (Å²) in [5, 5.41) is 3.89. The largest absolute Gasteiger partial charge is 0.382 e. The van der Waals surface area contributed by atoms with Crippen molar-refractivity contribution in [1.82, 2.24) is 10.2 Å². The van der Waals surface area contributed by atoms with Crippen LogP contribution in [0.2, 0.25) is 10.0 Å². The van der Waals surface area contributed by atoms with E-state index >= 15 is 0 Å². The number of hydrogen-bond acceptors (Lipinski definition) is 3. The second-order valence-corrected chi connectivity index (χ2v) is 5.99. The molecule has 1 aromatic rings. The Morgan fingerprint density at radius 1 is 1.55 bits per heavy atom. The monoisotopic (exact) mass is 346 g/mol. The first kappa shape index (κ1) is 17.3. The van der Waals surface area contributed by atoms with E-state index in [0.29, 0.717) is 36.3 Å². The number of halogens is 2. The summed E-state index contributed by atoms with van der Waals surface area (Å²) in [6.45, 7) is 3.92. The molecule has 0 aromatic heterocycles. The van der Waals surface area contributed by atoms with Crippen LogP contribution in [0.5, 0.6) is 0 Å². The van der Waals surface area contributed by atoms with Gasteiger partial charge in [0.25, 0.3) is 0 Å². The van der Waals surface area contributed by atoms with Crippen molar-refractivity contribution in [2.75, 3.05) is 33.4 Å². The van der Waals surface area contributed by atoms with Gasteiger partial charge in [0.05, 0.1) is 41.9 Å². The fourth-order valence-electron chi connectivity index (χ4n) is 2.40. The van der Waals surface area contributed by atoms with E-state index in [0.717, 1.165) is 5.56 Å². The van der Waals surface area contributed by atoms with Gasteiger partial charge in [-0.25, -0.2) is 4.79 Å². The van der Waals surface area contributed by atoms with E-state index in [2.05, 4.69) is 5.32 Å². The van der Waals surface area contributed by atoms with Crippen LogP contribution in [0.25, 0.3) is 0 Å². The molecule has 22 heavy (non-hydrogen) atoms. The van der Waals surface area contributed by atoms with Crippen LogP contribution < -0.4 is 5.32 Å². The van der Waals surface area contributed by atoms with Gasteiger partial charge >= 0.3 is 6.03 Å². The first-order valence-corrected chi connectivity index (χ1v) is 7.88. The van der Waals surface area contributed by atoms with Crippen LogP contribution in [0.3, 0.4) is 0 Å². The Bertz CT molecular complexity index is 526. The predicted molar refractivity (Wildman–Crippen MR) is 86.6 cm³/mol. The number of carbonyl (C=O) groups is 1. The summed E-state index contributed by atoms with van der Waals surface area (Å²) in [7, 11) is 1.62. The van der Waals surface area contributed by atoms with Crippen molar-refractivity contribution in [3.63, 3.8) is 0 Å². The minimum absolute atomic E-state index is 0.0884. The molecule has 1 fully saturated rings. The van der Waals surface area contributed by atoms with E-state index in [1.807, 2.05) is 19.1 Å². The normalized spacial score (nSPS) is 19.8. The molecule has 2 atom stereocenters. The lowest BCUT2D eigenvalue weighted by molar-refractivity contribution is -0.0496. The molecule has 5 nitrogen and oxygen atoms in total. The van der Waals surface area contributed by atoms with Gasteiger partial charge in [0, 0.05) is 13.7 Å². The Hall–Kier alpha value is -1.01. The topological polar surface area (TPSA) is 50.8 Å². The zero-order valence-corrected chi connectivity index (χ0v) is 14.2. The fourth-order valence-corrected chi connectivity index (χ4v) is 2.87. The van der Waals surface area contributed by atoms with Crippen molar-refractivity contribution < 1.29 is 14.3 Å². The number of nitrogens with one attached hydrogen (secondary N) is 1. The average Bonchev–Trinajstić information content (AvgIpc) is 2.50. The number of methoxy groups -OCH3 is 1. The predicted octanol–water partition coefficient (Wildman–Crippen LogP) is 3.11. The highest BCUT2D eigenvalue weighted by Crippen LogP contribution is 2.29. The van der Waals surface area contributed by atoms with Crippen LogP contribution in [0.4, 0.5) is 4.79 Å². The molecular formula is C15H20Cl2N2O3. The van der Waals surface area contributed by atoms with Gasteiger partial charge in [0.1, 0.15) is 0 Å². The number of rotatable bonds is 4. The van der Waals surface area contributed by atoms with Crippen LogP contribution in [0.1, 0.15) is 18.5 Å². The standard InChI is InChI=1S/C15H20Cl2N2O3/c1-10(12-4-3-5-13(16)14(12)17)18-15(20)19-6-7-22-11(8-19)9-21-2/h3-5,10-11H,6-9H2,1-2H3,(H,18,20)/t10-,11-/m0/s1. The van der Waals surface area contributed by atoms with Gasteiger partial charge in [0.2, 0.25) is 0 Å². The van der Waals surface area contributed by atoms with Crippen LogP contribution in [0.15, 0.2) is 18.2 Å². The SMILES string of the molecule is COC[C@@H]1CN(C(=O)N[C@@H](C)c2cccc(Cl)c2Cl)CCO1. The van der Waals surface area contributed by atoms with Gasteiger partial charge in [-0.2, -0.15) is 0 Å². The molecule has 1 aromatic carbocycles. The average molecular weight is 347 g/mol. The number of urea groups is 1. The molecule has 1 aliphatic rings. The summed E-state index contributed by atoms with van der Waals surface area (Å²) in [5.74, 6) is 0. The minimum atomic E-state index is -0.234. The molecule has 7 heteroatoms. The molecule has 1 heterocycles.